The van der Waals surface area contributed by atoms with Gasteiger partial charge in [0.1, 0.15) is 0 Å². The van der Waals surface area contributed by atoms with Crippen LogP contribution >= 0.6 is 0 Å². The molecule has 0 spiro atoms. The molecule has 1 aliphatic rings. The Labute approximate surface area is 82.4 Å². The van der Waals surface area contributed by atoms with E-state index < -0.39 is 11.5 Å². The first kappa shape index (κ1) is 11.0. The maximum atomic E-state index is 11.3. The minimum Gasteiger partial charge on any atom is -0.469 e. The Morgan fingerprint density at radius 2 is 2.36 bits per heavy atom. The van der Waals surface area contributed by atoms with Crippen molar-refractivity contribution in [1.29, 1.82) is 0 Å². The Bertz CT molecular complexity index is 264. The first-order valence-corrected chi connectivity index (χ1v) is 4.48. The lowest BCUT2D eigenvalue weighted by Gasteiger charge is -2.47. The summed E-state index contributed by atoms with van der Waals surface area (Å²) in [5, 5.41) is 12.0. The zero-order valence-electron chi connectivity index (χ0n) is 8.53. The molecular formula is C9H15NO4. The quantitative estimate of drug-likeness (QED) is 0.474. The number of nitrogens with one attached hydrogen (secondary N) is 1. The number of hydrogen-bond acceptors (Lipinski definition) is 4. The summed E-state index contributed by atoms with van der Waals surface area (Å²) in [5.41, 5.74) is -0.867. The highest BCUT2D eigenvalue weighted by Gasteiger charge is 2.55. The van der Waals surface area contributed by atoms with Crippen molar-refractivity contribution in [3.8, 4) is 0 Å². The number of aliphatic hydroxyl groups is 1. The van der Waals surface area contributed by atoms with Gasteiger partial charge in [0, 0.05) is 0 Å². The molecule has 3 atom stereocenters. The van der Waals surface area contributed by atoms with E-state index in [2.05, 4.69) is 10.1 Å². The van der Waals surface area contributed by atoms with E-state index in [4.69, 9.17) is 0 Å². The van der Waals surface area contributed by atoms with Crippen LogP contribution in [0.15, 0.2) is 0 Å². The summed E-state index contributed by atoms with van der Waals surface area (Å²) >= 11 is 0. The first-order chi connectivity index (χ1) is 6.42. The van der Waals surface area contributed by atoms with Crippen LogP contribution in [0.4, 0.5) is 0 Å². The van der Waals surface area contributed by atoms with Crippen molar-refractivity contribution in [1.82, 2.24) is 5.32 Å². The van der Waals surface area contributed by atoms with E-state index in [1.165, 1.54) is 7.11 Å². The van der Waals surface area contributed by atoms with E-state index in [9.17, 15) is 14.7 Å². The highest BCUT2D eigenvalue weighted by Crippen LogP contribution is 2.36. The van der Waals surface area contributed by atoms with E-state index in [-0.39, 0.29) is 24.3 Å². The molecule has 1 amide bonds. The van der Waals surface area contributed by atoms with Crippen LogP contribution in [0.3, 0.4) is 0 Å². The fourth-order valence-corrected chi connectivity index (χ4v) is 1.54. The van der Waals surface area contributed by atoms with Crippen LogP contribution in [0.25, 0.3) is 0 Å². The molecule has 1 aliphatic heterocycles. The fourth-order valence-electron chi connectivity index (χ4n) is 1.54. The van der Waals surface area contributed by atoms with Crippen LogP contribution in [0.5, 0.6) is 0 Å². The lowest BCUT2D eigenvalue weighted by atomic mass is 9.69. The summed E-state index contributed by atoms with van der Waals surface area (Å²) in [4.78, 5) is 22.2. The Balaban J connectivity index is 2.66. The number of carbonyl (C=O) groups excluding carboxylic acids is 2. The summed E-state index contributed by atoms with van der Waals surface area (Å²) in [6.45, 7) is 3.19. The monoisotopic (exact) mass is 201 g/mol. The summed E-state index contributed by atoms with van der Waals surface area (Å²) in [6, 6.07) is -0.331. The van der Waals surface area contributed by atoms with Gasteiger partial charge in [0.05, 0.1) is 31.1 Å². The van der Waals surface area contributed by atoms with Crippen molar-refractivity contribution >= 4 is 11.9 Å². The van der Waals surface area contributed by atoms with Crippen molar-refractivity contribution < 1.29 is 19.4 Å². The molecule has 0 bridgehead atoms. The second kappa shape index (κ2) is 3.57. The Morgan fingerprint density at radius 1 is 1.79 bits per heavy atom. The third-order valence-electron chi connectivity index (χ3n) is 2.98. The van der Waals surface area contributed by atoms with E-state index in [0.29, 0.717) is 0 Å². The molecule has 0 saturated carbocycles. The molecular weight excluding hydrogens is 186 g/mol. The smallest absolute Gasteiger partial charge is 0.307 e. The van der Waals surface area contributed by atoms with Gasteiger partial charge in [-0.05, 0) is 13.8 Å². The number of carbonyl (C=O) groups is 2. The minimum atomic E-state index is -0.867. The van der Waals surface area contributed by atoms with E-state index in [0.717, 1.165) is 0 Å². The molecule has 0 aromatic carbocycles. The number of amides is 1. The largest absolute Gasteiger partial charge is 0.469 e. The van der Waals surface area contributed by atoms with Crippen LogP contribution in [0.1, 0.15) is 20.3 Å². The summed E-state index contributed by atoms with van der Waals surface area (Å²) in [5.74, 6) is -0.608. The highest BCUT2D eigenvalue weighted by atomic mass is 16.5. The predicted octanol–water partition coefficient (Wildman–Crippen LogP) is -0.565. The fraction of sp³-hybridized carbons (Fsp3) is 0.778. The Kier molecular flexibility index (Phi) is 2.80. The molecule has 0 radical (unpaired) electrons. The van der Waals surface area contributed by atoms with Gasteiger partial charge in [-0.15, -0.1) is 0 Å². The third kappa shape index (κ3) is 1.48. The van der Waals surface area contributed by atoms with Crippen molar-refractivity contribution in [3.05, 3.63) is 0 Å². The van der Waals surface area contributed by atoms with Crippen LogP contribution in [-0.2, 0) is 14.3 Å². The van der Waals surface area contributed by atoms with Crippen LogP contribution < -0.4 is 5.32 Å². The summed E-state index contributed by atoms with van der Waals surface area (Å²) in [6.07, 6.45) is -0.671. The standard InChI is InChI=1S/C9H15NO4/c1-5(11)9(2)6(10-8(9)13)4-7(12)14-3/h5-6,11H,4H2,1-3H3,(H,10,13)/t5-,6+,9+/m0/s1. The molecule has 0 aromatic rings. The molecule has 1 heterocycles. The van der Waals surface area contributed by atoms with E-state index in [1.807, 2.05) is 0 Å². The number of methoxy groups -OCH3 is 1. The molecule has 5 nitrogen and oxygen atoms in total. The third-order valence-corrected chi connectivity index (χ3v) is 2.98. The van der Waals surface area contributed by atoms with Crippen LogP contribution in [0, 0.1) is 5.41 Å². The topological polar surface area (TPSA) is 75.6 Å². The number of rotatable bonds is 3. The average molecular weight is 201 g/mol. The van der Waals surface area contributed by atoms with Crippen molar-refractivity contribution in [2.45, 2.75) is 32.4 Å². The summed E-state index contributed by atoms with van der Waals surface area (Å²) < 4.78 is 4.49. The van der Waals surface area contributed by atoms with Gasteiger partial charge < -0.3 is 15.2 Å². The van der Waals surface area contributed by atoms with Gasteiger partial charge >= 0.3 is 5.97 Å². The molecule has 1 saturated heterocycles. The maximum Gasteiger partial charge on any atom is 0.307 e. The van der Waals surface area contributed by atoms with Gasteiger partial charge in [-0.1, -0.05) is 0 Å². The highest BCUT2D eigenvalue weighted by molar-refractivity contribution is 5.91. The molecule has 0 aliphatic carbocycles. The van der Waals surface area contributed by atoms with Crippen LogP contribution in [0.2, 0.25) is 0 Å². The van der Waals surface area contributed by atoms with E-state index in [1.54, 1.807) is 13.8 Å². The SMILES string of the molecule is COC(=O)C[C@H]1NC(=O)[C@]1(C)[C@H](C)O. The van der Waals surface area contributed by atoms with Gasteiger partial charge in [0.25, 0.3) is 0 Å². The molecule has 80 valence electrons. The predicted molar refractivity (Wildman–Crippen MR) is 48.4 cm³/mol. The van der Waals surface area contributed by atoms with Gasteiger partial charge in [-0.2, -0.15) is 0 Å². The zero-order valence-corrected chi connectivity index (χ0v) is 8.53. The lowest BCUT2D eigenvalue weighted by molar-refractivity contribution is -0.159. The Morgan fingerprint density at radius 3 is 2.71 bits per heavy atom. The van der Waals surface area contributed by atoms with Gasteiger partial charge in [0.2, 0.25) is 5.91 Å². The number of esters is 1. The molecule has 1 fully saturated rings. The maximum absolute atomic E-state index is 11.3. The number of β-lactam (4-membered cyclic amide) rings is 1. The Hall–Kier alpha value is -1.10. The number of ether oxygens (including phenoxy) is 1. The summed E-state index contributed by atoms with van der Waals surface area (Å²) in [7, 11) is 1.29. The first-order valence-electron chi connectivity index (χ1n) is 4.48. The van der Waals surface area contributed by atoms with Crippen molar-refractivity contribution in [2.75, 3.05) is 7.11 Å². The van der Waals surface area contributed by atoms with Gasteiger partial charge in [-0.25, -0.2) is 0 Å². The molecule has 1 rings (SSSR count). The molecule has 5 heteroatoms. The minimum absolute atomic E-state index is 0.101. The van der Waals surface area contributed by atoms with Crippen molar-refractivity contribution in [3.63, 3.8) is 0 Å². The van der Waals surface area contributed by atoms with Crippen molar-refractivity contribution in [2.24, 2.45) is 5.41 Å². The molecule has 0 aromatic heterocycles. The number of hydrogen-bond donors (Lipinski definition) is 2. The normalized spacial score (nSPS) is 32.9. The molecule has 14 heavy (non-hydrogen) atoms. The number of aliphatic hydroxyl groups excluding tert-OH is 1. The second-order valence-corrected chi connectivity index (χ2v) is 3.76. The average Bonchev–Trinajstić information content (AvgIpc) is 2.15. The second-order valence-electron chi connectivity index (χ2n) is 3.76. The van der Waals surface area contributed by atoms with Crippen LogP contribution in [-0.4, -0.2) is 36.2 Å². The van der Waals surface area contributed by atoms with Gasteiger partial charge in [0.15, 0.2) is 0 Å². The molecule has 0 unspecified atom stereocenters. The molecule has 2 N–H and O–H groups in total. The zero-order chi connectivity index (χ0) is 10.9. The lowest BCUT2D eigenvalue weighted by Crippen LogP contribution is -2.70. The van der Waals surface area contributed by atoms with E-state index >= 15 is 0 Å². The van der Waals surface area contributed by atoms with Gasteiger partial charge in [-0.3, -0.25) is 9.59 Å².